The van der Waals surface area contributed by atoms with E-state index in [1.165, 1.54) is 30.1 Å². The summed E-state index contributed by atoms with van der Waals surface area (Å²) in [6.45, 7) is 1.05. The van der Waals surface area contributed by atoms with E-state index in [0.717, 1.165) is 34.4 Å². The van der Waals surface area contributed by atoms with Gasteiger partial charge in [0.15, 0.2) is 11.2 Å². The highest BCUT2D eigenvalue weighted by molar-refractivity contribution is 5.75. The molecule has 11 heteroatoms. The third kappa shape index (κ3) is 5.08. The minimum absolute atomic E-state index is 0.0198. The van der Waals surface area contributed by atoms with Crippen LogP contribution < -0.4 is 11.2 Å². The molecule has 0 spiro atoms. The van der Waals surface area contributed by atoms with Crippen molar-refractivity contribution < 1.29 is 9.18 Å². The van der Waals surface area contributed by atoms with Gasteiger partial charge in [-0.3, -0.25) is 23.8 Å². The van der Waals surface area contributed by atoms with E-state index >= 15 is 0 Å². The highest BCUT2D eigenvalue weighted by atomic mass is 19.1. The van der Waals surface area contributed by atoms with Crippen molar-refractivity contribution in [3.63, 3.8) is 0 Å². The van der Waals surface area contributed by atoms with Crippen LogP contribution in [-0.4, -0.2) is 53.3 Å². The third-order valence-corrected chi connectivity index (χ3v) is 6.14. The molecule has 0 fully saturated rings. The second-order valence-electron chi connectivity index (χ2n) is 8.62. The highest BCUT2D eigenvalue weighted by Gasteiger charge is 2.15. The largest absolute Gasteiger partial charge is 0.346 e. The van der Waals surface area contributed by atoms with Gasteiger partial charge < -0.3 is 9.47 Å². The smallest absolute Gasteiger partial charge is 0.332 e. The molecule has 1 aromatic carbocycles. The van der Waals surface area contributed by atoms with Crippen LogP contribution in [0.25, 0.3) is 22.4 Å². The number of aryl methyl sites for hydroxylation is 3. The quantitative estimate of drug-likeness (QED) is 0.392. The van der Waals surface area contributed by atoms with E-state index in [1.54, 1.807) is 35.7 Å². The molecule has 0 unspecified atom stereocenters. The number of nitrogens with one attached hydrogen (secondary N) is 1. The van der Waals surface area contributed by atoms with E-state index in [0.29, 0.717) is 37.1 Å². The van der Waals surface area contributed by atoms with Crippen LogP contribution in [-0.2, 0) is 31.9 Å². The maximum Gasteiger partial charge on any atom is 0.332 e. The van der Waals surface area contributed by atoms with Crippen molar-refractivity contribution in [2.24, 2.45) is 14.1 Å². The molecule has 4 rings (SSSR count). The van der Waals surface area contributed by atoms with Crippen LogP contribution in [0.2, 0.25) is 0 Å². The number of hydrogen-bond acceptors (Lipinski definition) is 5. The third-order valence-electron chi connectivity index (χ3n) is 6.14. The van der Waals surface area contributed by atoms with Crippen molar-refractivity contribution in [3.8, 4) is 11.3 Å². The molecule has 3 aromatic heterocycles. The number of halogens is 1. The van der Waals surface area contributed by atoms with Gasteiger partial charge in [0.05, 0.1) is 12.0 Å². The molecular formula is C24H28FN7O3. The van der Waals surface area contributed by atoms with Crippen molar-refractivity contribution in [1.29, 1.82) is 0 Å². The highest BCUT2D eigenvalue weighted by Crippen LogP contribution is 2.18. The van der Waals surface area contributed by atoms with Gasteiger partial charge in [-0.25, -0.2) is 14.2 Å². The van der Waals surface area contributed by atoms with Crippen molar-refractivity contribution in [3.05, 3.63) is 69.0 Å². The molecule has 0 aliphatic carbocycles. The Labute approximate surface area is 200 Å². The molecule has 3 heterocycles. The Kier molecular flexibility index (Phi) is 6.94. The number of benzene rings is 1. The number of imidazole rings is 1. The summed E-state index contributed by atoms with van der Waals surface area (Å²) in [6, 6.07) is 8.12. The average Bonchev–Trinajstić information content (AvgIpc) is 3.49. The minimum atomic E-state index is -0.425. The van der Waals surface area contributed by atoms with Crippen molar-refractivity contribution in [2.45, 2.75) is 32.2 Å². The number of carbonyl (C=O) groups excluding carboxylic acids is 1. The Morgan fingerprint density at radius 1 is 1.11 bits per heavy atom. The van der Waals surface area contributed by atoms with Gasteiger partial charge in [-0.05, 0) is 49.6 Å². The van der Waals surface area contributed by atoms with E-state index in [2.05, 4.69) is 15.2 Å². The summed E-state index contributed by atoms with van der Waals surface area (Å²) >= 11 is 0. The van der Waals surface area contributed by atoms with E-state index < -0.39 is 11.2 Å². The lowest BCUT2D eigenvalue weighted by atomic mass is 10.1. The van der Waals surface area contributed by atoms with Crippen LogP contribution in [0.3, 0.4) is 0 Å². The summed E-state index contributed by atoms with van der Waals surface area (Å²) in [5.74, 6) is -0.266. The van der Waals surface area contributed by atoms with Crippen LogP contribution in [0, 0.1) is 5.82 Å². The number of H-pyrrole nitrogens is 1. The number of fused-ring (bicyclic) bond motifs is 1. The predicted octanol–water partition coefficient (Wildman–Crippen LogP) is 1.83. The van der Waals surface area contributed by atoms with Gasteiger partial charge >= 0.3 is 5.69 Å². The summed E-state index contributed by atoms with van der Waals surface area (Å²) in [5, 5.41) is 7.28. The molecule has 0 saturated carbocycles. The molecule has 0 radical (unpaired) electrons. The molecule has 35 heavy (non-hydrogen) atoms. The fourth-order valence-electron chi connectivity index (χ4n) is 4.05. The first-order valence-corrected chi connectivity index (χ1v) is 11.4. The Morgan fingerprint density at radius 3 is 2.60 bits per heavy atom. The van der Waals surface area contributed by atoms with Gasteiger partial charge in [0.25, 0.3) is 5.56 Å². The average molecular weight is 482 g/mol. The molecule has 0 aliphatic rings. The standard InChI is InChI=1S/C24H28FN7O3/c1-29(12-4-6-18-14-19(28-27-18)16-8-10-17(25)11-9-16)20(33)7-5-13-32-15-26-22-21(32)23(34)31(3)24(35)30(22)2/h8-11,14-15H,4-7,12-13H2,1-3H3,(H,27,28). The molecule has 184 valence electrons. The predicted molar refractivity (Wildman–Crippen MR) is 129 cm³/mol. The van der Waals surface area contributed by atoms with Crippen LogP contribution in [0.5, 0.6) is 0 Å². The fraction of sp³-hybridized carbons (Fsp3) is 0.375. The normalized spacial score (nSPS) is 11.3. The maximum atomic E-state index is 13.1. The van der Waals surface area contributed by atoms with Crippen LogP contribution in [0.1, 0.15) is 25.0 Å². The summed E-state index contributed by atoms with van der Waals surface area (Å²) in [7, 11) is 4.79. The first-order chi connectivity index (χ1) is 16.8. The molecule has 0 atom stereocenters. The topological polar surface area (TPSA) is 111 Å². The Bertz CT molecular complexity index is 1460. The number of nitrogens with zero attached hydrogens (tertiary/aromatic N) is 6. The first-order valence-electron chi connectivity index (χ1n) is 11.4. The van der Waals surface area contributed by atoms with Crippen LogP contribution in [0.15, 0.2) is 46.2 Å². The lowest BCUT2D eigenvalue weighted by Gasteiger charge is -2.17. The molecule has 10 nitrogen and oxygen atoms in total. The SMILES string of the molecule is CN(CCCc1cc(-c2ccc(F)cc2)n[nH]1)C(=O)CCCn1cnc2c1c(=O)n(C)c(=O)n2C. The number of hydrogen-bond donors (Lipinski definition) is 1. The van der Waals surface area contributed by atoms with Gasteiger partial charge in [0, 0.05) is 51.9 Å². The van der Waals surface area contributed by atoms with E-state index in [9.17, 15) is 18.8 Å². The van der Waals surface area contributed by atoms with Gasteiger partial charge in [-0.1, -0.05) is 0 Å². The number of amides is 1. The summed E-state index contributed by atoms with van der Waals surface area (Å²) in [4.78, 5) is 43.0. The lowest BCUT2D eigenvalue weighted by molar-refractivity contribution is -0.130. The van der Waals surface area contributed by atoms with E-state index in [-0.39, 0.29) is 11.7 Å². The van der Waals surface area contributed by atoms with Gasteiger partial charge in [-0.15, -0.1) is 0 Å². The van der Waals surface area contributed by atoms with Crippen LogP contribution in [0.4, 0.5) is 4.39 Å². The zero-order chi connectivity index (χ0) is 25.1. The van der Waals surface area contributed by atoms with E-state index in [4.69, 9.17) is 0 Å². The molecule has 1 N–H and O–H groups in total. The van der Waals surface area contributed by atoms with Crippen molar-refractivity contribution >= 4 is 17.1 Å². The second-order valence-corrected chi connectivity index (χ2v) is 8.62. The van der Waals surface area contributed by atoms with E-state index in [1.807, 2.05) is 6.07 Å². The molecule has 0 saturated heterocycles. The fourth-order valence-corrected chi connectivity index (χ4v) is 4.05. The molecule has 4 aromatic rings. The summed E-state index contributed by atoms with van der Waals surface area (Å²) < 4.78 is 17.2. The molecule has 0 bridgehead atoms. The number of aromatic amines is 1. The van der Waals surface area contributed by atoms with Crippen LogP contribution >= 0.6 is 0 Å². The first kappa shape index (κ1) is 24.1. The monoisotopic (exact) mass is 481 g/mol. The van der Waals surface area contributed by atoms with Gasteiger partial charge in [-0.2, -0.15) is 5.10 Å². The summed E-state index contributed by atoms with van der Waals surface area (Å²) in [5.41, 5.74) is 2.42. The molecule has 0 aliphatic heterocycles. The minimum Gasteiger partial charge on any atom is -0.346 e. The number of carbonyl (C=O) groups is 1. The number of aromatic nitrogens is 6. The van der Waals surface area contributed by atoms with Crippen molar-refractivity contribution in [1.82, 2.24) is 33.8 Å². The van der Waals surface area contributed by atoms with Gasteiger partial charge in [0.2, 0.25) is 5.91 Å². The lowest BCUT2D eigenvalue weighted by Crippen LogP contribution is -2.37. The molecule has 1 amide bonds. The Morgan fingerprint density at radius 2 is 1.86 bits per heavy atom. The zero-order valence-corrected chi connectivity index (χ0v) is 20.0. The Hall–Kier alpha value is -4.02. The zero-order valence-electron chi connectivity index (χ0n) is 20.0. The number of rotatable bonds is 9. The van der Waals surface area contributed by atoms with Crippen molar-refractivity contribution in [2.75, 3.05) is 13.6 Å². The van der Waals surface area contributed by atoms with Gasteiger partial charge in [0.1, 0.15) is 5.82 Å². The molecular weight excluding hydrogens is 453 g/mol. The maximum absolute atomic E-state index is 13.1. The Balaban J connectivity index is 1.26. The second kappa shape index (κ2) is 10.1. The summed E-state index contributed by atoms with van der Waals surface area (Å²) in [6.07, 6.45) is 3.91.